The molecule has 0 aliphatic heterocycles. The number of benzene rings is 3. The summed E-state index contributed by atoms with van der Waals surface area (Å²) in [6.07, 6.45) is 4.85. The maximum Gasteiger partial charge on any atom is 0.259 e. The van der Waals surface area contributed by atoms with Crippen LogP contribution < -0.4 is 5.32 Å². The van der Waals surface area contributed by atoms with Gasteiger partial charge < -0.3 is 9.88 Å². The van der Waals surface area contributed by atoms with Crippen LogP contribution in [-0.4, -0.2) is 16.7 Å². The number of nitrogens with zero attached hydrogens (tertiary/aromatic N) is 2. The van der Waals surface area contributed by atoms with Crippen molar-refractivity contribution in [3.05, 3.63) is 116 Å². The maximum absolute atomic E-state index is 13.8. The Morgan fingerprint density at radius 2 is 1.77 bits per heavy atom. The van der Waals surface area contributed by atoms with E-state index in [0.29, 0.717) is 28.7 Å². The van der Waals surface area contributed by atoms with Crippen LogP contribution >= 0.6 is 34.5 Å². The molecule has 3 aromatic carbocycles. The molecule has 1 aliphatic rings. The van der Waals surface area contributed by atoms with Gasteiger partial charge in [-0.25, -0.2) is 4.99 Å². The van der Waals surface area contributed by atoms with E-state index in [1.54, 1.807) is 23.5 Å². The normalized spacial score (nSPS) is 15.3. The molecule has 2 aromatic heterocycles. The molecule has 0 radical (unpaired) electrons. The SMILES string of the molecule is Cc1c(C=Nc2sc3c(c2C(=O)Nc2ccc(Cl)cc2)CC[C@@H](C(C)(C)C)C3)c2ccccc2n1Cc1ccccc1Cl. The number of thiophene rings is 1. The molecule has 6 rings (SSSR count). The number of nitrogens with one attached hydrogen (secondary N) is 1. The van der Waals surface area contributed by atoms with Crippen molar-refractivity contribution in [2.75, 3.05) is 5.32 Å². The van der Waals surface area contributed by atoms with Gasteiger partial charge in [0.15, 0.2) is 0 Å². The van der Waals surface area contributed by atoms with Gasteiger partial charge in [0.05, 0.1) is 5.56 Å². The summed E-state index contributed by atoms with van der Waals surface area (Å²) >= 11 is 14.3. The van der Waals surface area contributed by atoms with Crippen LogP contribution in [0.5, 0.6) is 0 Å². The van der Waals surface area contributed by atoms with Crippen LogP contribution in [0.4, 0.5) is 10.7 Å². The summed E-state index contributed by atoms with van der Waals surface area (Å²) in [5, 5.41) is 6.36. The Morgan fingerprint density at radius 1 is 1.05 bits per heavy atom. The molecule has 4 nitrogen and oxygen atoms in total. The number of carbonyl (C=O) groups excluding carboxylic acids is 1. The third kappa shape index (κ3) is 6.04. The third-order valence-electron chi connectivity index (χ3n) is 8.68. The molecular weight excluding hydrogens is 593 g/mol. The summed E-state index contributed by atoms with van der Waals surface area (Å²) in [5.74, 6) is 0.437. The number of para-hydroxylation sites is 1. The monoisotopic (exact) mass is 627 g/mol. The number of aromatic nitrogens is 1. The standard InChI is InChI=1S/C36H35Cl2N3OS/c1-22-29(27-10-6-8-12-31(27)41(22)21-23-9-5-7-11-30(23)38)20-39-35-33(34(42)40-26-16-14-25(37)15-17-26)28-18-13-24(36(2,3)4)19-32(28)43-35/h5-12,14-17,20,24H,13,18-19,21H2,1-4H3,(H,40,42)/t24-/m1/s1. The molecule has 1 N–H and O–H groups in total. The van der Waals surface area contributed by atoms with E-state index in [1.165, 1.54) is 4.88 Å². The topological polar surface area (TPSA) is 46.4 Å². The summed E-state index contributed by atoms with van der Waals surface area (Å²) < 4.78 is 2.29. The molecule has 1 aliphatic carbocycles. The lowest BCUT2D eigenvalue weighted by atomic mass is 9.72. The zero-order valence-electron chi connectivity index (χ0n) is 24.9. The minimum absolute atomic E-state index is 0.126. The second-order valence-corrected chi connectivity index (χ2v) is 14.3. The summed E-state index contributed by atoms with van der Waals surface area (Å²) in [6, 6.07) is 23.6. The van der Waals surface area contributed by atoms with Crippen LogP contribution in [0.1, 0.15) is 64.8 Å². The van der Waals surface area contributed by atoms with E-state index in [2.05, 4.69) is 67.9 Å². The molecule has 0 unspecified atom stereocenters. The predicted octanol–water partition coefficient (Wildman–Crippen LogP) is 10.5. The Hall–Kier alpha value is -3.38. The molecule has 0 spiro atoms. The van der Waals surface area contributed by atoms with E-state index in [-0.39, 0.29) is 11.3 Å². The molecule has 220 valence electrons. The molecule has 0 saturated carbocycles. The van der Waals surface area contributed by atoms with Gasteiger partial charge in [0, 0.05) is 55.5 Å². The molecule has 43 heavy (non-hydrogen) atoms. The minimum atomic E-state index is -0.126. The summed E-state index contributed by atoms with van der Waals surface area (Å²) in [7, 11) is 0. The first-order valence-corrected chi connectivity index (χ1v) is 16.2. The fraction of sp³-hybridized carbons (Fsp3) is 0.278. The molecule has 0 saturated heterocycles. The number of aliphatic imine (C=N–C) groups is 1. The average Bonchev–Trinajstić information content (AvgIpc) is 3.48. The fourth-order valence-corrected chi connectivity index (χ4v) is 7.70. The average molecular weight is 629 g/mol. The number of carbonyl (C=O) groups is 1. The summed E-state index contributed by atoms with van der Waals surface area (Å²) in [6.45, 7) is 9.72. The third-order valence-corrected chi connectivity index (χ3v) is 10.5. The Labute approximate surface area is 267 Å². The second kappa shape index (κ2) is 12.0. The zero-order valence-corrected chi connectivity index (χ0v) is 27.2. The highest BCUT2D eigenvalue weighted by atomic mass is 35.5. The zero-order chi connectivity index (χ0) is 30.3. The molecule has 7 heteroatoms. The lowest BCUT2D eigenvalue weighted by molar-refractivity contribution is 0.102. The van der Waals surface area contributed by atoms with Crippen molar-refractivity contribution < 1.29 is 4.79 Å². The first-order valence-electron chi connectivity index (χ1n) is 14.7. The minimum Gasteiger partial charge on any atom is -0.340 e. The highest BCUT2D eigenvalue weighted by Crippen LogP contribution is 2.45. The number of amides is 1. The van der Waals surface area contributed by atoms with Crippen molar-refractivity contribution in [1.82, 2.24) is 4.57 Å². The van der Waals surface area contributed by atoms with Gasteiger partial charge >= 0.3 is 0 Å². The lowest BCUT2D eigenvalue weighted by Gasteiger charge is -2.33. The summed E-state index contributed by atoms with van der Waals surface area (Å²) in [4.78, 5) is 20.2. The van der Waals surface area contributed by atoms with E-state index < -0.39 is 0 Å². The van der Waals surface area contributed by atoms with Gasteiger partial charge in [0.2, 0.25) is 0 Å². The maximum atomic E-state index is 13.8. The van der Waals surface area contributed by atoms with Gasteiger partial charge in [0.1, 0.15) is 5.00 Å². The van der Waals surface area contributed by atoms with E-state index >= 15 is 0 Å². The Bertz CT molecular complexity index is 1840. The molecule has 1 amide bonds. The van der Waals surface area contributed by atoms with Crippen molar-refractivity contribution in [2.24, 2.45) is 16.3 Å². The lowest BCUT2D eigenvalue weighted by Crippen LogP contribution is -2.27. The van der Waals surface area contributed by atoms with Gasteiger partial charge in [-0.15, -0.1) is 11.3 Å². The van der Waals surface area contributed by atoms with Crippen molar-refractivity contribution in [3.63, 3.8) is 0 Å². The second-order valence-electron chi connectivity index (χ2n) is 12.4. The number of fused-ring (bicyclic) bond motifs is 2. The highest BCUT2D eigenvalue weighted by molar-refractivity contribution is 7.16. The van der Waals surface area contributed by atoms with Crippen LogP contribution in [0.3, 0.4) is 0 Å². The van der Waals surface area contributed by atoms with Gasteiger partial charge in [-0.1, -0.05) is 80.4 Å². The largest absolute Gasteiger partial charge is 0.340 e. The van der Waals surface area contributed by atoms with E-state index in [1.807, 2.05) is 36.5 Å². The van der Waals surface area contributed by atoms with Crippen LogP contribution in [0.2, 0.25) is 10.0 Å². The number of hydrogen-bond acceptors (Lipinski definition) is 3. The highest BCUT2D eigenvalue weighted by Gasteiger charge is 2.33. The summed E-state index contributed by atoms with van der Waals surface area (Å²) in [5.41, 5.74) is 7.09. The smallest absolute Gasteiger partial charge is 0.259 e. The molecule has 0 bridgehead atoms. The number of anilines is 1. The van der Waals surface area contributed by atoms with Crippen LogP contribution in [0.15, 0.2) is 77.8 Å². The van der Waals surface area contributed by atoms with Crippen molar-refractivity contribution in [2.45, 2.75) is 53.5 Å². The quantitative estimate of drug-likeness (QED) is 0.187. The number of hydrogen-bond donors (Lipinski definition) is 1. The number of halogens is 2. The van der Waals surface area contributed by atoms with Crippen molar-refractivity contribution in [3.8, 4) is 0 Å². The molecule has 0 fully saturated rings. The first kappa shape index (κ1) is 29.7. The molecular formula is C36H35Cl2N3OS. The van der Waals surface area contributed by atoms with Crippen LogP contribution in [0.25, 0.3) is 10.9 Å². The van der Waals surface area contributed by atoms with Gasteiger partial charge in [-0.3, -0.25) is 4.79 Å². The number of rotatable bonds is 6. The van der Waals surface area contributed by atoms with Crippen LogP contribution in [-0.2, 0) is 19.4 Å². The fourth-order valence-electron chi connectivity index (χ4n) is 6.11. The molecule has 1 atom stereocenters. The van der Waals surface area contributed by atoms with Gasteiger partial charge in [-0.05, 0) is 85.0 Å². The predicted molar refractivity (Wildman–Crippen MR) is 183 cm³/mol. The molecule has 2 heterocycles. The van der Waals surface area contributed by atoms with Gasteiger partial charge in [0.25, 0.3) is 5.91 Å². The van der Waals surface area contributed by atoms with Crippen molar-refractivity contribution >= 4 is 68.3 Å². The first-order chi connectivity index (χ1) is 20.6. The molecule has 5 aromatic rings. The Morgan fingerprint density at radius 3 is 2.51 bits per heavy atom. The van der Waals surface area contributed by atoms with E-state index in [4.69, 9.17) is 28.2 Å². The Balaban J connectivity index is 1.41. The van der Waals surface area contributed by atoms with E-state index in [9.17, 15) is 4.79 Å². The van der Waals surface area contributed by atoms with E-state index in [0.717, 1.165) is 62.6 Å². The Kier molecular flexibility index (Phi) is 8.25. The van der Waals surface area contributed by atoms with Crippen LogP contribution in [0, 0.1) is 18.3 Å². The van der Waals surface area contributed by atoms with Crippen molar-refractivity contribution in [1.29, 1.82) is 0 Å². The van der Waals surface area contributed by atoms with Gasteiger partial charge in [-0.2, -0.15) is 0 Å².